The topological polar surface area (TPSA) is 71.1 Å². The first-order valence-electron chi connectivity index (χ1n) is 12.1. The van der Waals surface area contributed by atoms with Crippen molar-refractivity contribution in [3.63, 3.8) is 0 Å². The smallest absolute Gasteiger partial charge is 0.253 e. The fourth-order valence-electron chi connectivity index (χ4n) is 4.67. The van der Waals surface area contributed by atoms with Gasteiger partial charge in [-0.1, -0.05) is 24.3 Å². The van der Waals surface area contributed by atoms with E-state index in [9.17, 15) is 9.59 Å². The van der Waals surface area contributed by atoms with E-state index in [1.165, 1.54) is 0 Å². The van der Waals surface area contributed by atoms with Gasteiger partial charge in [0.05, 0.1) is 5.41 Å². The van der Waals surface area contributed by atoms with E-state index < -0.39 is 5.41 Å². The van der Waals surface area contributed by atoms with Crippen LogP contribution in [-0.2, 0) is 16.8 Å². The Morgan fingerprint density at radius 1 is 0.889 bits per heavy atom. The third kappa shape index (κ3) is 4.54. The van der Waals surface area contributed by atoms with Crippen molar-refractivity contribution in [3.8, 4) is 22.6 Å². The predicted octanol–water partition coefficient (Wildman–Crippen LogP) is 4.52. The van der Waals surface area contributed by atoms with Crippen molar-refractivity contribution in [2.45, 2.75) is 24.8 Å². The molecular weight excluding hydrogens is 454 g/mol. The summed E-state index contributed by atoms with van der Waals surface area (Å²) in [6.07, 6.45) is 1.59. The first kappa shape index (κ1) is 23.9. The SMILES string of the molecule is CN(C)Cc1ccc(NC(=O)C2(c3ccc4c(c3)OCO4)CC2)cc1-c1ccc(C(=O)N(C)C)cc1. The maximum Gasteiger partial charge on any atom is 0.253 e. The molecule has 0 saturated heterocycles. The molecule has 3 aromatic carbocycles. The lowest BCUT2D eigenvalue weighted by Crippen LogP contribution is -2.27. The van der Waals surface area contributed by atoms with Crippen molar-refractivity contribution < 1.29 is 19.1 Å². The molecule has 0 aromatic heterocycles. The molecule has 1 fully saturated rings. The van der Waals surface area contributed by atoms with Gasteiger partial charge in [0.2, 0.25) is 12.7 Å². The van der Waals surface area contributed by atoms with Crippen LogP contribution in [0, 0.1) is 0 Å². The summed E-state index contributed by atoms with van der Waals surface area (Å²) in [6, 6.07) is 19.4. The van der Waals surface area contributed by atoms with Gasteiger partial charge >= 0.3 is 0 Å². The highest BCUT2D eigenvalue weighted by atomic mass is 16.7. The van der Waals surface area contributed by atoms with E-state index >= 15 is 0 Å². The maximum atomic E-state index is 13.5. The highest BCUT2D eigenvalue weighted by Gasteiger charge is 2.51. The highest BCUT2D eigenvalue weighted by Crippen LogP contribution is 2.51. The van der Waals surface area contributed by atoms with Crippen LogP contribution in [0.15, 0.2) is 60.7 Å². The summed E-state index contributed by atoms with van der Waals surface area (Å²) in [4.78, 5) is 29.5. The molecule has 1 aliphatic heterocycles. The van der Waals surface area contributed by atoms with E-state index in [0.29, 0.717) is 11.3 Å². The lowest BCUT2D eigenvalue weighted by molar-refractivity contribution is -0.118. The van der Waals surface area contributed by atoms with Gasteiger partial charge < -0.3 is 24.6 Å². The Balaban J connectivity index is 1.42. The monoisotopic (exact) mass is 485 g/mol. The Morgan fingerprint density at radius 2 is 1.61 bits per heavy atom. The molecule has 0 radical (unpaired) electrons. The van der Waals surface area contributed by atoms with E-state index in [1.807, 2.05) is 68.7 Å². The molecule has 1 N–H and O–H groups in total. The van der Waals surface area contributed by atoms with Crippen molar-refractivity contribution in [2.75, 3.05) is 40.3 Å². The lowest BCUT2D eigenvalue weighted by atomic mass is 9.94. The van der Waals surface area contributed by atoms with Crippen LogP contribution in [0.4, 0.5) is 5.69 Å². The Kier molecular flexibility index (Phi) is 6.18. The number of anilines is 1. The molecule has 5 rings (SSSR count). The van der Waals surface area contributed by atoms with Gasteiger partial charge in [-0.15, -0.1) is 0 Å². The zero-order valence-electron chi connectivity index (χ0n) is 21.1. The third-order valence-electron chi connectivity index (χ3n) is 6.81. The van der Waals surface area contributed by atoms with Crippen LogP contribution in [-0.4, -0.2) is 56.6 Å². The van der Waals surface area contributed by atoms with Gasteiger partial charge in [-0.3, -0.25) is 9.59 Å². The second-order valence-corrected chi connectivity index (χ2v) is 9.99. The molecule has 3 aromatic rings. The summed E-state index contributed by atoms with van der Waals surface area (Å²) in [6.45, 7) is 0.966. The summed E-state index contributed by atoms with van der Waals surface area (Å²) in [5.41, 5.74) is 4.96. The van der Waals surface area contributed by atoms with Crippen LogP contribution in [0.25, 0.3) is 11.1 Å². The average Bonchev–Trinajstić information content (AvgIpc) is 3.55. The van der Waals surface area contributed by atoms with Gasteiger partial charge in [0.15, 0.2) is 11.5 Å². The van der Waals surface area contributed by atoms with Crippen LogP contribution in [0.3, 0.4) is 0 Å². The standard InChI is InChI=1S/C29H31N3O4/c1-31(2)17-21-9-11-23(16-24(21)19-5-7-20(8-6-19)27(33)32(3)4)30-28(34)29(13-14-29)22-10-12-25-26(15-22)36-18-35-25/h5-12,15-16H,13-14,17-18H2,1-4H3,(H,30,34). The molecule has 1 aliphatic carbocycles. The molecule has 0 atom stereocenters. The van der Waals surface area contributed by atoms with E-state index in [1.54, 1.807) is 19.0 Å². The quantitative estimate of drug-likeness (QED) is 0.533. The van der Waals surface area contributed by atoms with Crippen LogP contribution in [0.2, 0.25) is 0 Å². The fourth-order valence-corrected chi connectivity index (χ4v) is 4.67. The molecule has 7 heteroatoms. The van der Waals surface area contributed by atoms with Crippen molar-refractivity contribution in [3.05, 3.63) is 77.4 Å². The number of ether oxygens (including phenoxy) is 2. The summed E-state index contributed by atoms with van der Waals surface area (Å²) in [7, 11) is 7.54. The molecule has 0 spiro atoms. The van der Waals surface area contributed by atoms with Gasteiger partial charge in [-0.25, -0.2) is 0 Å². The number of fused-ring (bicyclic) bond motifs is 1. The minimum absolute atomic E-state index is 0.0143. The largest absolute Gasteiger partial charge is 0.454 e. The summed E-state index contributed by atoms with van der Waals surface area (Å²) in [5, 5.41) is 3.16. The van der Waals surface area contributed by atoms with Gasteiger partial charge in [0.25, 0.3) is 5.91 Å². The van der Waals surface area contributed by atoms with Crippen molar-refractivity contribution in [1.29, 1.82) is 0 Å². The zero-order valence-corrected chi connectivity index (χ0v) is 21.1. The summed E-state index contributed by atoms with van der Waals surface area (Å²) >= 11 is 0. The minimum atomic E-state index is -0.544. The van der Waals surface area contributed by atoms with Crippen molar-refractivity contribution >= 4 is 17.5 Å². The molecule has 0 unspecified atom stereocenters. The minimum Gasteiger partial charge on any atom is -0.454 e. The molecule has 1 saturated carbocycles. The molecule has 2 amide bonds. The second kappa shape index (κ2) is 9.32. The first-order valence-corrected chi connectivity index (χ1v) is 12.1. The number of carbonyl (C=O) groups is 2. The van der Waals surface area contributed by atoms with E-state index in [4.69, 9.17) is 9.47 Å². The zero-order chi connectivity index (χ0) is 25.4. The Bertz CT molecular complexity index is 1310. The number of hydrogen-bond acceptors (Lipinski definition) is 5. The summed E-state index contributed by atoms with van der Waals surface area (Å²) in [5.74, 6) is 1.36. The van der Waals surface area contributed by atoms with E-state index in [2.05, 4.69) is 16.3 Å². The van der Waals surface area contributed by atoms with Gasteiger partial charge in [-0.05, 0) is 85.6 Å². The van der Waals surface area contributed by atoms with Crippen LogP contribution in [0.5, 0.6) is 11.5 Å². The third-order valence-corrected chi connectivity index (χ3v) is 6.81. The molecule has 186 valence electrons. The first-order chi connectivity index (χ1) is 17.3. The van der Waals surface area contributed by atoms with Crippen molar-refractivity contribution in [1.82, 2.24) is 9.80 Å². The van der Waals surface area contributed by atoms with Gasteiger partial charge in [-0.2, -0.15) is 0 Å². The molecule has 7 nitrogen and oxygen atoms in total. The number of amides is 2. The normalized spacial score (nSPS) is 15.0. The molecule has 1 heterocycles. The Labute approximate surface area is 211 Å². The molecule has 36 heavy (non-hydrogen) atoms. The van der Waals surface area contributed by atoms with Crippen LogP contribution < -0.4 is 14.8 Å². The Hall–Kier alpha value is -3.84. The predicted molar refractivity (Wildman–Crippen MR) is 139 cm³/mol. The fraction of sp³-hybridized carbons (Fsp3) is 0.310. The van der Waals surface area contributed by atoms with E-state index in [-0.39, 0.29) is 18.6 Å². The number of nitrogens with one attached hydrogen (secondary N) is 1. The number of nitrogens with zero attached hydrogens (tertiary/aromatic N) is 2. The Morgan fingerprint density at radius 3 is 2.28 bits per heavy atom. The van der Waals surface area contributed by atoms with Crippen LogP contribution in [0.1, 0.15) is 34.3 Å². The maximum absolute atomic E-state index is 13.5. The number of hydrogen-bond donors (Lipinski definition) is 1. The molecule has 0 bridgehead atoms. The van der Waals surface area contributed by atoms with Crippen molar-refractivity contribution in [2.24, 2.45) is 0 Å². The average molecular weight is 486 g/mol. The van der Waals surface area contributed by atoms with Gasteiger partial charge in [0, 0.05) is 31.9 Å². The van der Waals surface area contributed by atoms with Crippen LogP contribution >= 0.6 is 0 Å². The highest BCUT2D eigenvalue weighted by molar-refractivity contribution is 6.02. The number of benzene rings is 3. The second-order valence-electron chi connectivity index (χ2n) is 9.99. The van der Waals surface area contributed by atoms with E-state index in [0.717, 1.165) is 53.1 Å². The molecule has 2 aliphatic rings. The van der Waals surface area contributed by atoms with Gasteiger partial charge in [0.1, 0.15) is 0 Å². The number of carbonyl (C=O) groups excluding carboxylic acids is 2. The lowest BCUT2D eigenvalue weighted by Gasteiger charge is -2.19. The number of rotatable bonds is 7. The summed E-state index contributed by atoms with van der Waals surface area (Å²) < 4.78 is 10.9. The molecular formula is C29H31N3O4.